The molecular formula is C19H17F2N3O2. The van der Waals surface area contributed by atoms with Gasteiger partial charge in [0.25, 0.3) is 0 Å². The lowest BCUT2D eigenvalue weighted by Gasteiger charge is -2.29. The van der Waals surface area contributed by atoms with E-state index in [2.05, 4.69) is 31.9 Å². The third kappa shape index (κ3) is 3.37. The molecule has 0 atom stereocenters. The van der Waals surface area contributed by atoms with Crippen LogP contribution in [0.4, 0.5) is 14.5 Å². The van der Waals surface area contributed by atoms with Crippen molar-refractivity contribution >= 4 is 5.69 Å². The molecule has 134 valence electrons. The van der Waals surface area contributed by atoms with Crippen LogP contribution in [0, 0.1) is 0 Å². The van der Waals surface area contributed by atoms with Crippen molar-refractivity contribution in [3.63, 3.8) is 0 Å². The first-order chi connectivity index (χ1) is 12.7. The molecule has 1 aromatic heterocycles. The minimum absolute atomic E-state index is 0.0261. The lowest BCUT2D eigenvalue weighted by atomic mass is 10.0. The Morgan fingerprint density at radius 2 is 1.92 bits per heavy atom. The van der Waals surface area contributed by atoms with Crippen molar-refractivity contribution in [1.82, 2.24) is 10.1 Å². The van der Waals surface area contributed by atoms with Gasteiger partial charge in [0.1, 0.15) is 5.75 Å². The van der Waals surface area contributed by atoms with Crippen LogP contribution in [0.25, 0.3) is 11.4 Å². The molecule has 1 aliphatic rings. The fourth-order valence-electron chi connectivity index (χ4n) is 3.22. The number of aromatic nitrogens is 2. The largest absolute Gasteiger partial charge is 0.434 e. The van der Waals surface area contributed by atoms with Crippen LogP contribution in [0.15, 0.2) is 53.1 Å². The van der Waals surface area contributed by atoms with Crippen LogP contribution in [0.3, 0.4) is 0 Å². The van der Waals surface area contributed by atoms with Gasteiger partial charge in [0, 0.05) is 12.2 Å². The average Bonchev–Trinajstić information content (AvgIpc) is 3.10. The summed E-state index contributed by atoms with van der Waals surface area (Å²) in [6.07, 6.45) is 2.11. The molecule has 0 saturated carbocycles. The Hall–Kier alpha value is -2.96. The van der Waals surface area contributed by atoms with E-state index in [4.69, 9.17) is 4.52 Å². The highest BCUT2D eigenvalue weighted by molar-refractivity contribution is 5.63. The van der Waals surface area contributed by atoms with E-state index in [-0.39, 0.29) is 11.6 Å². The van der Waals surface area contributed by atoms with Gasteiger partial charge in [-0.15, -0.1) is 0 Å². The summed E-state index contributed by atoms with van der Waals surface area (Å²) in [4.78, 5) is 6.56. The zero-order chi connectivity index (χ0) is 17.9. The van der Waals surface area contributed by atoms with E-state index in [1.54, 1.807) is 18.2 Å². The van der Waals surface area contributed by atoms with E-state index in [0.29, 0.717) is 18.0 Å². The molecule has 0 amide bonds. The summed E-state index contributed by atoms with van der Waals surface area (Å²) in [5.41, 5.74) is 2.84. The highest BCUT2D eigenvalue weighted by Crippen LogP contribution is 2.30. The molecule has 7 heteroatoms. The number of alkyl halides is 2. The van der Waals surface area contributed by atoms with Crippen LogP contribution in [-0.2, 0) is 13.0 Å². The van der Waals surface area contributed by atoms with Crippen molar-refractivity contribution in [2.45, 2.75) is 26.0 Å². The van der Waals surface area contributed by atoms with Gasteiger partial charge in [-0.3, -0.25) is 0 Å². The van der Waals surface area contributed by atoms with Gasteiger partial charge < -0.3 is 14.2 Å². The van der Waals surface area contributed by atoms with Gasteiger partial charge in [0.15, 0.2) is 0 Å². The summed E-state index contributed by atoms with van der Waals surface area (Å²) in [6, 6.07) is 14.7. The first kappa shape index (κ1) is 16.5. The molecule has 0 saturated heterocycles. The van der Waals surface area contributed by atoms with Crippen molar-refractivity contribution in [2.75, 3.05) is 11.4 Å². The number of halogens is 2. The van der Waals surface area contributed by atoms with Crippen LogP contribution in [0.1, 0.15) is 17.9 Å². The lowest BCUT2D eigenvalue weighted by molar-refractivity contribution is -0.0494. The van der Waals surface area contributed by atoms with Crippen molar-refractivity contribution in [2.24, 2.45) is 0 Å². The third-order valence-electron chi connectivity index (χ3n) is 4.34. The fourth-order valence-corrected chi connectivity index (χ4v) is 3.22. The normalized spacial score (nSPS) is 13.7. The molecule has 0 N–H and O–H groups in total. The summed E-state index contributed by atoms with van der Waals surface area (Å²) in [5, 5.41) is 3.94. The lowest BCUT2D eigenvalue weighted by Crippen LogP contribution is -2.28. The first-order valence-electron chi connectivity index (χ1n) is 8.40. The minimum Gasteiger partial charge on any atom is -0.434 e. The zero-order valence-corrected chi connectivity index (χ0v) is 13.9. The van der Waals surface area contributed by atoms with Gasteiger partial charge >= 0.3 is 6.61 Å². The van der Waals surface area contributed by atoms with Crippen molar-refractivity contribution in [1.29, 1.82) is 0 Å². The topological polar surface area (TPSA) is 51.4 Å². The van der Waals surface area contributed by atoms with Crippen molar-refractivity contribution < 1.29 is 18.0 Å². The van der Waals surface area contributed by atoms with Gasteiger partial charge in [0.05, 0.1) is 12.1 Å². The van der Waals surface area contributed by atoms with E-state index in [1.807, 2.05) is 12.1 Å². The molecule has 3 aromatic rings. The fraction of sp³-hybridized carbons (Fsp3) is 0.263. The maximum atomic E-state index is 12.6. The summed E-state index contributed by atoms with van der Waals surface area (Å²) in [5.74, 6) is 0.697. The van der Waals surface area contributed by atoms with Crippen LogP contribution < -0.4 is 9.64 Å². The quantitative estimate of drug-likeness (QED) is 0.682. The second-order valence-electron chi connectivity index (χ2n) is 6.04. The standard InChI is InChI=1S/C19H17F2N3O2/c20-19(21)25-16-10-4-2-8-14(16)18-22-17(26-23-18)12-24-11-5-7-13-6-1-3-9-15(13)24/h1-4,6,8-10,19H,5,7,11-12H2. The van der Waals surface area contributed by atoms with Crippen LogP contribution in [0.2, 0.25) is 0 Å². The highest BCUT2D eigenvalue weighted by atomic mass is 19.3. The molecule has 0 radical (unpaired) electrons. The van der Waals surface area contributed by atoms with Crippen LogP contribution in [-0.4, -0.2) is 23.3 Å². The number of ether oxygens (including phenoxy) is 1. The molecule has 0 fully saturated rings. The molecule has 0 bridgehead atoms. The molecule has 4 rings (SSSR count). The predicted molar refractivity (Wildman–Crippen MR) is 92.2 cm³/mol. The number of fused-ring (bicyclic) bond motifs is 1. The molecule has 5 nitrogen and oxygen atoms in total. The van der Waals surface area contributed by atoms with Gasteiger partial charge in [-0.25, -0.2) is 0 Å². The smallest absolute Gasteiger partial charge is 0.387 e. The zero-order valence-electron chi connectivity index (χ0n) is 13.9. The van der Waals surface area contributed by atoms with Gasteiger partial charge in [0.2, 0.25) is 11.7 Å². The second kappa shape index (κ2) is 7.11. The minimum atomic E-state index is -2.91. The number of para-hydroxylation sites is 2. The Morgan fingerprint density at radius 1 is 1.12 bits per heavy atom. The van der Waals surface area contributed by atoms with E-state index < -0.39 is 6.61 Å². The summed E-state index contributed by atoms with van der Waals surface area (Å²) in [6.45, 7) is -1.53. The molecule has 2 aromatic carbocycles. The number of rotatable bonds is 5. The average molecular weight is 357 g/mol. The molecule has 0 spiro atoms. The maximum absolute atomic E-state index is 12.6. The molecule has 2 heterocycles. The first-order valence-corrected chi connectivity index (χ1v) is 8.40. The highest BCUT2D eigenvalue weighted by Gasteiger charge is 2.20. The number of anilines is 1. The molecule has 0 unspecified atom stereocenters. The number of hydrogen-bond acceptors (Lipinski definition) is 5. The van der Waals surface area contributed by atoms with E-state index in [9.17, 15) is 8.78 Å². The van der Waals surface area contributed by atoms with Gasteiger partial charge in [-0.05, 0) is 36.6 Å². The van der Waals surface area contributed by atoms with Gasteiger partial charge in [-0.1, -0.05) is 35.5 Å². The SMILES string of the molecule is FC(F)Oc1ccccc1-c1noc(CN2CCCc3ccccc32)n1. The third-order valence-corrected chi connectivity index (χ3v) is 4.34. The maximum Gasteiger partial charge on any atom is 0.387 e. The summed E-state index contributed by atoms with van der Waals surface area (Å²) < 4.78 is 35.0. The Kier molecular flexibility index (Phi) is 4.51. The number of benzene rings is 2. The Morgan fingerprint density at radius 3 is 2.81 bits per heavy atom. The number of nitrogens with zero attached hydrogens (tertiary/aromatic N) is 3. The molecule has 26 heavy (non-hydrogen) atoms. The van der Waals surface area contributed by atoms with Crippen LogP contribution in [0.5, 0.6) is 5.75 Å². The monoisotopic (exact) mass is 357 g/mol. The van der Waals surface area contributed by atoms with Crippen LogP contribution >= 0.6 is 0 Å². The summed E-state index contributed by atoms with van der Waals surface area (Å²) >= 11 is 0. The van der Waals surface area contributed by atoms with E-state index in [1.165, 1.54) is 17.3 Å². The Labute approximate surface area is 149 Å². The van der Waals surface area contributed by atoms with E-state index >= 15 is 0 Å². The molecule has 0 aliphatic carbocycles. The molecule has 1 aliphatic heterocycles. The van der Waals surface area contributed by atoms with Gasteiger partial charge in [-0.2, -0.15) is 13.8 Å². The summed E-state index contributed by atoms with van der Waals surface area (Å²) in [7, 11) is 0. The van der Waals surface area contributed by atoms with Crippen molar-refractivity contribution in [3.8, 4) is 17.1 Å². The van der Waals surface area contributed by atoms with E-state index in [0.717, 1.165) is 19.4 Å². The number of hydrogen-bond donors (Lipinski definition) is 0. The Balaban J connectivity index is 1.57. The van der Waals surface area contributed by atoms with Crippen molar-refractivity contribution in [3.05, 3.63) is 60.0 Å². The number of aryl methyl sites for hydroxylation is 1. The second-order valence-corrected chi connectivity index (χ2v) is 6.04. The Bertz CT molecular complexity index is 898. The molecular weight excluding hydrogens is 340 g/mol. The predicted octanol–water partition coefficient (Wildman–Crippen LogP) is 4.29.